The van der Waals surface area contributed by atoms with Crippen LogP contribution in [-0.4, -0.2) is 28.8 Å². The third-order valence-corrected chi connectivity index (χ3v) is 2.49. The summed E-state index contributed by atoms with van der Waals surface area (Å²) in [7, 11) is 4.27. The molecule has 0 fully saturated rings. The van der Waals surface area contributed by atoms with Crippen molar-refractivity contribution in [2.45, 2.75) is 13.1 Å². The van der Waals surface area contributed by atoms with Gasteiger partial charge in [-0.25, -0.2) is 0 Å². The van der Waals surface area contributed by atoms with Gasteiger partial charge in [-0.2, -0.15) is 0 Å². The smallest absolute Gasteiger partial charge is 0.157 e. The molecule has 1 aromatic carbocycles. The van der Waals surface area contributed by atoms with Gasteiger partial charge in [-0.15, -0.1) is 0 Å². The number of benzene rings is 1. The van der Waals surface area contributed by atoms with Gasteiger partial charge in [0, 0.05) is 11.1 Å². The molecule has 0 radical (unpaired) electrons. The Labute approximate surface area is 77.4 Å². The number of quaternary nitrogens is 1. The SMILES string of the molecule is C[N+]1(C)Cc2cc(O)c(O)cc2C1. The summed E-state index contributed by atoms with van der Waals surface area (Å²) in [6.07, 6.45) is 0. The molecule has 0 amide bonds. The quantitative estimate of drug-likeness (QED) is 0.465. The van der Waals surface area contributed by atoms with Gasteiger partial charge < -0.3 is 14.7 Å². The Bertz CT molecular complexity index is 325. The van der Waals surface area contributed by atoms with E-state index < -0.39 is 0 Å². The summed E-state index contributed by atoms with van der Waals surface area (Å²) in [5.74, 6) is -0.0266. The van der Waals surface area contributed by atoms with Crippen molar-refractivity contribution in [3.8, 4) is 11.5 Å². The molecule has 3 nitrogen and oxygen atoms in total. The van der Waals surface area contributed by atoms with Gasteiger partial charge in [0.15, 0.2) is 11.5 Å². The number of nitrogens with zero attached hydrogens (tertiary/aromatic N) is 1. The van der Waals surface area contributed by atoms with Gasteiger partial charge in [0.25, 0.3) is 0 Å². The third-order valence-electron chi connectivity index (χ3n) is 2.49. The Morgan fingerprint density at radius 2 is 1.38 bits per heavy atom. The van der Waals surface area contributed by atoms with Crippen LogP contribution >= 0.6 is 0 Å². The molecule has 0 atom stereocenters. The minimum absolute atomic E-state index is 0.0133. The molecule has 0 bridgehead atoms. The van der Waals surface area contributed by atoms with Gasteiger partial charge in [-0.3, -0.25) is 0 Å². The minimum Gasteiger partial charge on any atom is -0.504 e. The molecular formula is C10H14NO2+. The van der Waals surface area contributed by atoms with Gasteiger partial charge in [-0.1, -0.05) is 0 Å². The molecule has 0 saturated carbocycles. The maximum Gasteiger partial charge on any atom is 0.157 e. The predicted molar refractivity (Wildman–Crippen MR) is 49.3 cm³/mol. The first kappa shape index (κ1) is 8.38. The lowest BCUT2D eigenvalue weighted by Gasteiger charge is -2.22. The average Bonchev–Trinajstić information content (AvgIpc) is 2.24. The molecule has 0 aliphatic carbocycles. The molecule has 0 saturated heterocycles. The second kappa shape index (κ2) is 2.39. The molecule has 0 spiro atoms. The van der Waals surface area contributed by atoms with Crippen molar-refractivity contribution in [2.75, 3.05) is 14.1 Å². The molecule has 3 heteroatoms. The average molecular weight is 180 g/mol. The van der Waals surface area contributed by atoms with Gasteiger partial charge >= 0.3 is 0 Å². The van der Waals surface area contributed by atoms with Crippen LogP contribution in [0.2, 0.25) is 0 Å². The van der Waals surface area contributed by atoms with Crippen molar-refractivity contribution >= 4 is 0 Å². The lowest BCUT2D eigenvalue weighted by molar-refractivity contribution is -0.910. The fraction of sp³-hybridized carbons (Fsp3) is 0.400. The summed E-state index contributed by atoms with van der Waals surface area (Å²) in [6.45, 7) is 1.84. The van der Waals surface area contributed by atoms with Gasteiger partial charge in [0.1, 0.15) is 13.1 Å². The molecule has 2 rings (SSSR count). The maximum atomic E-state index is 9.30. The normalized spacial score (nSPS) is 18.6. The monoisotopic (exact) mass is 180 g/mol. The molecular weight excluding hydrogens is 166 g/mol. The highest BCUT2D eigenvalue weighted by Gasteiger charge is 2.28. The molecule has 1 aliphatic heterocycles. The van der Waals surface area contributed by atoms with Gasteiger partial charge in [0.2, 0.25) is 0 Å². The van der Waals surface area contributed by atoms with Crippen LogP contribution in [-0.2, 0) is 13.1 Å². The molecule has 1 aromatic rings. The van der Waals surface area contributed by atoms with E-state index >= 15 is 0 Å². The lowest BCUT2D eigenvalue weighted by Crippen LogP contribution is -2.32. The van der Waals surface area contributed by atoms with E-state index in [0.717, 1.165) is 28.7 Å². The Hall–Kier alpha value is -1.22. The molecule has 0 aromatic heterocycles. The van der Waals surface area contributed by atoms with Gasteiger partial charge in [0.05, 0.1) is 14.1 Å². The number of phenolic OH excluding ortho intramolecular Hbond substituents is 2. The fourth-order valence-corrected chi connectivity index (χ4v) is 1.94. The summed E-state index contributed by atoms with van der Waals surface area (Å²) < 4.78 is 0.887. The highest BCUT2D eigenvalue weighted by Crippen LogP contribution is 2.34. The summed E-state index contributed by atoms with van der Waals surface area (Å²) in [6, 6.07) is 3.33. The number of rotatable bonds is 0. The zero-order valence-corrected chi connectivity index (χ0v) is 7.91. The van der Waals surface area contributed by atoms with E-state index in [1.165, 1.54) is 0 Å². The first-order valence-corrected chi connectivity index (χ1v) is 4.34. The van der Waals surface area contributed by atoms with Crippen molar-refractivity contribution in [3.05, 3.63) is 23.3 Å². The Kier molecular flexibility index (Phi) is 1.54. The van der Waals surface area contributed by atoms with Crippen molar-refractivity contribution in [1.29, 1.82) is 0 Å². The largest absolute Gasteiger partial charge is 0.504 e. The van der Waals surface area contributed by atoms with Crippen LogP contribution in [0.15, 0.2) is 12.1 Å². The van der Waals surface area contributed by atoms with Crippen molar-refractivity contribution in [1.82, 2.24) is 0 Å². The van der Waals surface area contributed by atoms with E-state index in [1.54, 1.807) is 12.1 Å². The Morgan fingerprint density at radius 1 is 1.00 bits per heavy atom. The summed E-state index contributed by atoms with van der Waals surface area (Å²) >= 11 is 0. The second-order valence-electron chi connectivity index (χ2n) is 4.36. The van der Waals surface area contributed by atoms with Crippen LogP contribution in [0.1, 0.15) is 11.1 Å². The molecule has 1 heterocycles. The number of fused-ring (bicyclic) bond motifs is 1. The van der Waals surface area contributed by atoms with Crippen LogP contribution in [0.25, 0.3) is 0 Å². The molecule has 2 N–H and O–H groups in total. The molecule has 0 unspecified atom stereocenters. The fourth-order valence-electron chi connectivity index (χ4n) is 1.94. The van der Waals surface area contributed by atoms with E-state index in [4.69, 9.17) is 0 Å². The van der Waals surface area contributed by atoms with Crippen molar-refractivity contribution in [3.63, 3.8) is 0 Å². The van der Waals surface area contributed by atoms with E-state index in [2.05, 4.69) is 14.1 Å². The Morgan fingerprint density at radius 3 is 1.77 bits per heavy atom. The minimum atomic E-state index is -0.0133. The van der Waals surface area contributed by atoms with E-state index in [9.17, 15) is 10.2 Å². The van der Waals surface area contributed by atoms with Crippen LogP contribution in [0.4, 0.5) is 0 Å². The molecule has 1 aliphatic rings. The first-order valence-electron chi connectivity index (χ1n) is 4.34. The van der Waals surface area contributed by atoms with Crippen LogP contribution in [0.3, 0.4) is 0 Å². The van der Waals surface area contributed by atoms with Crippen LogP contribution in [0.5, 0.6) is 11.5 Å². The third kappa shape index (κ3) is 1.35. The summed E-state index contributed by atoms with van der Waals surface area (Å²) in [5, 5.41) is 18.6. The summed E-state index contributed by atoms with van der Waals surface area (Å²) in [4.78, 5) is 0. The standard InChI is InChI=1S/C10H13NO2/c1-11(2)5-7-3-9(12)10(13)4-8(7)6-11/h3-4H,5-6H2,1-2H3,(H-,12,13)/p+1. The van der Waals surface area contributed by atoms with Crippen LogP contribution in [0, 0.1) is 0 Å². The van der Waals surface area contributed by atoms with Crippen molar-refractivity contribution < 1.29 is 14.7 Å². The zero-order valence-electron chi connectivity index (χ0n) is 7.91. The van der Waals surface area contributed by atoms with E-state index in [-0.39, 0.29) is 11.5 Å². The molecule has 13 heavy (non-hydrogen) atoms. The number of aromatic hydroxyl groups is 2. The summed E-state index contributed by atoms with van der Waals surface area (Å²) in [5.41, 5.74) is 2.28. The Balaban J connectivity index is 2.48. The second-order valence-corrected chi connectivity index (χ2v) is 4.36. The van der Waals surface area contributed by atoms with Crippen LogP contribution < -0.4 is 0 Å². The molecule has 70 valence electrons. The predicted octanol–water partition coefficient (Wildman–Crippen LogP) is 1.19. The maximum absolute atomic E-state index is 9.30. The zero-order chi connectivity index (χ0) is 9.64. The number of hydrogen-bond acceptors (Lipinski definition) is 2. The lowest BCUT2D eigenvalue weighted by atomic mass is 10.1. The topological polar surface area (TPSA) is 40.5 Å². The van der Waals surface area contributed by atoms with E-state index in [1.807, 2.05) is 0 Å². The number of hydrogen-bond donors (Lipinski definition) is 2. The van der Waals surface area contributed by atoms with E-state index in [0.29, 0.717) is 0 Å². The van der Waals surface area contributed by atoms with Crippen molar-refractivity contribution in [2.24, 2.45) is 0 Å². The first-order chi connectivity index (χ1) is 5.98. The number of phenols is 2. The van der Waals surface area contributed by atoms with Gasteiger partial charge in [-0.05, 0) is 12.1 Å². The highest BCUT2D eigenvalue weighted by molar-refractivity contribution is 5.46. The highest BCUT2D eigenvalue weighted by atomic mass is 16.3.